The van der Waals surface area contributed by atoms with Crippen molar-refractivity contribution in [2.75, 3.05) is 0 Å². The molecule has 188 valence electrons. The van der Waals surface area contributed by atoms with Crippen LogP contribution in [-0.2, 0) is 9.59 Å². The lowest BCUT2D eigenvalue weighted by Gasteiger charge is -2.36. The average molecular weight is 503 g/mol. The molecule has 0 atom stereocenters. The first-order valence-electron chi connectivity index (χ1n) is 12.9. The van der Waals surface area contributed by atoms with E-state index in [1.165, 1.54) is 4.90 Å². The van der Waals surface area contributed by atoms with Gasteiger partial charge in [-0.15, -0.1) is 0 Å². The first kappa shape index (κ1) is 23.7. The Morgan fingerprint density at radius 1 is 1.00 bits per heavy atom. The van der Waals surface area contributed by atoms with E-state index in [1.807, 2.05) is 66.9 Å². The van der Waals surface area contributed by atoms with E-state index in [0.717, 1.165) is 48.8 Å². The van der Waals surface area contributed by atoms with E-state index in [4.69, 9.17) is 9.52 Å². The highest BCUT2D eigenvalue weighted by atomic mass is 16.3. The van der Waals surface area contributed by atoms with Gasteiger partial charge in [-0.1, -0.05) is 55.7 Å². The summed E-state index contributed by atoms with van der Waals surface area (Å²) in [5, 5.41) is 15.6. The van der Waals surface area contributed by atoms with Gasteiger partial charge in [0.15, 0.2) is 5.76 Å². The van der Waals surface area contributed by atoms with Gasteiger partial charge in [0.05, 0.1) is 5.69 Å². The van der Waals surface area contributed by atoms with Crippen LogP contribution in [0.3, 0.4) is 0 Å². The van der Waals surface area contributed by atoms with Crippen LogP contribution in [0, 0.1) is 11.3 Å². The number of rotatable bonds is 4. The van der Waals surface area contributed by atoms with Crippen molar-refractivity contribution in [2.45, 2.75) is 45.1 Å². The zero-order chi connectivity index (χ0) is 26.2. The van der Waals surface area contributed by atoms with E-state index in [1.54, 1.807) is 17.7 Å². The molecule has 7 heteroatoms. The third kappa shape index (κ3) is 4.04. The zero-order valence-corrected chi connectivity index (χ0v) is 21.1. The molecule has 1 saturated carbocycles. The lowest BCUT2D eigenvalue weighted by molar-refractivity contribution is -0.143. The smallest absolute Gasteiger partial charge is 0.271 e. The number of carbonyl (C=O) groups excluding carboxylic acids is 2. The van der Waals surface area contributed by atoms with Gasteiger partial charge in [0, 0.05) is 28.8 Å². The van der Waals surface area contributed by atoms with Gasteiger partial charge in [0.1, 0.15) is 22.9 Å². The van der Waals surface area contributed by atoms with Crippen molar-refractivity contribution in [3.8, 4) is 23.2 Å². The quantitative estimate of drug-likeness (QED) is 0.244. The van der Waals surface area contributed by atoms with Crippen molar-refractivity contribution in [2.24, 2.45) is 0 Å². The highest BCUT2D eigenvalue weighted by Crippen LogP contribution is 2.35. The van der Waals surface area contributed by atoms with Crippen LogP contribution in [0.5, 0.6) is 0 Å². The standard InChI is InChI=1S/C31H26N4O3/c1-20-25(30(36)35(31(37)26(20)18-32)24-13-6-3-7-14-24)16-22-19-34(23-11-4-2-5-12-23)33-29(22)28-17-21-10-8-9-15-27(21)38-28/h2,4-5,8-12,15-17,19,24H,3,6-7,13-14H2,1H3/b25-16+. The largest absolute Gasteiger partial charge is 0.454 e. The second-order valence-electron chi connectivity index (χ2n) is 9.80. The summed E-state index contributed by atoms with van der Waals surface area (Å²) in [6.07, 6.45) is 8.13. The lowest BCUT2D eigenvalue weighted by Crippen LogP contribution is -2.49. The van der Waals surface area contributed by atoms with Gasteiger partial charge in [0.2, 0.25) is 0 Å². The Morgan fingerprint density at radius 3 is 2.47 bits per heavy atom. The number of para-hydroxylation sites is 2. The molecule has 1 fully saturated rings. The highest BCUT2D eigenvalue weighted by Gasteiger charge is 2.40. The van der Waals surface area contributed by atoms with E-state index in [-0.39, 0.29) is 17.5 Å². The molecule has 0 unspecified atom stereocenters. The molecule has 0 saturated heterocycles. The summed E-state index contributed by atoms with van der Waals surface area (Å²) in [4.78, 5) is 28.4. The molecule has 3 heterocycles. The van der Waals surface area contributed by atoms with E-state index in [2.05, 4.69) is 6.07 Å². The first-order chi connectivity index (χ1) is 18.5. The minimum Gasteiger partial charge on any atom is -0.454 e. The van der Waals surface area contributed by atoms with Crippen molar-refractivity contribution < 1.29 is 14.0 Å². The minimum absolute atomic E-state index is 0.0159. The predicted molar refractivity (Wildman–Crippen MR) is 144 cm³/mol. The van der Waals surface area contributed by atoms with Crippen LogP contribution in [0.1, 0.15) is 44.6 Å². The topological polar surface area (TPSA) is 92.1 Å². The Hall–Kier alpha value is -4.70. The van der Waals surface area contributed by atoms with Crippen LogP contribution in [0.15, 0.2) is 88.0 Å². The molecule has 1 aliphatic heterocycles. The first-order valence-corrected chi connectivity index (χ1v) is 12.9. The Morgan fingerprint density at radius 2 is 1.74 bits per heavy atom. The Labute approximate surface area is 220 Å². The summed E-state index contributed by atoms with van der Waals surface area (Å²) in [7, 11) is 0. The number of amides is 2. The molecule has 2 aromatic carbocycles. The molecular weight excluding hydrogens is 476 g/mol. The number of benzene rings is 2. The number of imide groups is 1. The second kappa shape index (κ2) is 9.64. The number of nitriles is 1. The van der Waals surface area contributed by atoms with Crippen LogP contribution in [0.4, 0.5) is 0 Å². The summed E-state index contributed by atoms with van der Waals surface area (Å²) in [6, 6.07) is 21.2. The van der Waals surface area contributed by atoms with E-state index >= 15 is 0 Å². The number of carbonyl (C=O) groups is 2. The normalized spacial score (nSPS) is 18.0. The van der Waals surface area contributed by atoms with E-state index < -0.39 is 5.91 Å². The van der Waals surface area contributed by atoms with Crippen LogP contribution < -0.4 is 0 Å². The molecule has 0 radical (unpaired) electrons. The maximum Gasteiger partial charge on any atom is 0.271 e. The van der Waals surface area contributed by atoms with Crippen LogP contribution in [-0.4, -0.2) is 32.5 Å². The second-order valence-corrected chi connectivity index (χ2v) is 9.80. The minimum atomic E-state index is -0.489. The lowest BCUT2D eigenvalue weighted by atomic mass is 9.88. The molecule has 1 aliphatic carbocycles. The van der Waals surface area contributed by atoms with Crippen LogP contribution in [0.2, 0.25) is 0 Å². The van der Waals surface area contributed by atoms with Crippen LogP contribution >= 0.6 is 0 Å². The molecule has 6 rings (SSSR count). The summed E-state index contributed by atoms with van der Waals surface area (Å²) >= 11 is 0. The molecule has 0 spiro atoms. The molecule has 2 amide bonds. The van der Waals surface area contributed by atoms with Crippen molar-refractivity contribution in [1.82, 2.24) is 14.7 Å². The third-order valence-corrected chi connectivity index (χ3v) is 7.43. The van der Waals surface area contributed by atoms with Gasteiger partial charge in [-0.3, -0.25) is 14.5 Å². The van der Waals surface area contributed by atoms with Gasteiger partial charge in [-0.25, -0.2) is 4.68 Å². The summed E-state index contributed by atoms with van der Waals surface area (Å²) in [5.74, 6) is -0.281. The number of nitrogens with zero attached hydrogens (tertiary/aromatic N) is 4. The van der Waals surface area contributed by atoms with E-state index in [0.29, 0.717) is 28.2 Å². The maximum atomic E-state index is 13.8. The Balaban J connectivity index is 1.52. The molecule has 0 N–H and O–H groups in total. The number of hydrogen-bond acceptors (Lipinski definition) is 5. The van der Waals surface area contributed by atoms with Gasteiger partial charge < -0.3 is 4.42 Å². The van der Waals surface area contributed by atoms with Gasteiger partial charge in [0.25, 0.3) is 11.8 Å². The molecular formula is C31H26N4O3. The monoisotopic (exact) mass is 502 g/mol. The SMILES string of the molecule is CC1=C(C#N)C(=O)N(C2CCCCC2)C(=O)/C1=C/c1cn(-c2ccccc2)nc1-c1cc2ccccc2o1. The molecule has 38 heavy (non-hydrogen) atoms. The fourth-order valence-corrected chi connectivity index (χ4v) is 5.42. The molecule has 0 bridgehead atoms. The summed E-state index contributed by atoms with van der Waals surface area (Å²) in [6.45, 7) is 1.67. The maximum absolute atomic E-state index is 13.8. The average Bonchev–Trinajstić information content (AvgIpc) is 3.57. The molecule has 2 aliphatic rings. The fourth-order valence-electron chi connectivity index (χ4n) is 5.42. The Kier molecular flexibility index (Phi) is 6.01. The summed E-state index contributed by atoms with van der Waals surface area (Å²) < 4.78 is 7.89. The van der Waals surface area contributed by atoms with Gasteiger partial charge >= 0.3 is 0 Å². The fraction of sp³-hybridized carbons (Fsp3) is 0.226. The van der Waals surface area contributed by atoms with Crippen LogP contribution in [0.25, 0.3) is 34.2 Å². The number of furan rings is 1. The van der Waals surface area contributed by atoms with Crippen molar-refractivity contribution in [1.29, 1.82) is 5.26 Å². The molecule has 7 nitrogen and oxygen atoms in total. The van der Waals surface area contributed by atoms with Gasteiger partial charge in [-0.05, 0) is 55.7 Å². The van der Waals surface area contributed by atoms with Crippen molar-refractivity contribution in [3.05, 3.63) is 89.1 Å². The Bertz CT molecular complexity index is 1630. The third-order valence-electron chi connectivity index (χ3n) is 7.43. The van der Waals surface area contributed by atoms with Crippen molar-refractivity contribution in [3.63, 3.8) is 0 Å². The predicted octanol–water partition coefficient (Wildman–Crippen LogP) is 6.21. The number of fused-ring (bicyclic) bond motifs is 1. The van der Waals surface area contributed by atoms with Crippen molar-refractivity contribution >= 4 is 28.9 Å². The van der Waals surface area contributed by atoms with Gasteiger partial charge in [-0.2, -0.15) is 10.4 Å². The molecule has 2 aromatic heterocycles. The number of hydrogen-bond donors (Lipinski definition) is 0. The number of aromatic nitrogens is 2. The summed E-state index contributed by atoms with van der Waals surface area (Å²) in [5.41, 5.74) is 3.55. The zero-order valence-electron chi connectivity index (χ0n) is 21.1. The van der Waals surface area contributed by atoms with E-state index in [9.17, 15) is 14.9 Å². The molecule has 4 aromatic rings. The highest BCUT2D eigenvalue weighted by molar-refractivity contribution is 6.20.